The molecule has 1 saturated heterocycles. The molecule has 1 unspecified atom stereocenters. The highest BCUT2D eigenvalue weighted by Gasteiger charge is 2.18. The summed E-state index contributed by atoms with van der Waals surface area (Å²) >= 11 is 5.85. The van der Waals surface area contributed by atoms with Gasteiger partial charge >= 0.3 is 0 Å². The largest absolute Gasteiger partial charge is 0.398 e. The maximum absolute atomic E-state index is 12.2. The van der Waals surface area contributed by atoms with E-state index in [-0.39, 0.29) is 17.7 Å². The summed E-state index contributed by atoms with van der Waals surface area (Å²) in [4.78, 5) is 12.3. The number of nitrogens with one attached hydrogen (secondary N) is 1. The molecule has 0 aromatic heterocycles. The first kappa shape index (κ1) is 15.3. The molecule has 5 nitrogen and oxygen atoms in total. The molecular weight excluding hydrogens is 300 g/mol. The van der Waals surface area contributed by atoms with Crippen molar-refractivity contribution in [2.45, 2.75) is 23.8 Å². The van der Waals surface area contributed by atoms with Gasteiger partial charge in [0.1, 0.15) is 5.75 Å². The van der Waals surface area contributed by atoms with E-state index in [1.54, 1.807) is 12.1 Å². The Morgan fingerprint density at radius 2 is 2.15 bits per heavy atom. The van der Waals surface area contributed by atoms with E-state index in [9.17, 15) is 9.00 Å². The van der Waals surface area contributed by atoms with Crippen LogP contribution in [-0.2, 0) is 20.3 Å². The van der Waals surface area contributed by atoms with Gasteiger partial charge in [-0.2, -0.15) is 0 Å². The van der Waals surface area contributed by atoms with Crippen LogP contribution in [-0.4, -0.2) is 35.1 Å². The van der Waals surface area contributed by atoms with Crippen molar-refractivity contribution in [2.24, 2.45) is 0 Å². The zero-order valence-electron chi connectivity index (χ0n) is 10.9. The number of rotatable bonds is 4. The van der Waals surface area contributed by atoms with Crippen LogP contribution < -0.4 is 11.1 Å². The monoisotopic (exact) mass is 316 g/mol. The Balaban J connectivity index is 1.93. The quantitative estimate of drug-likeness (QED) is 0.821. The van der Waals surface area contributed by atoms with E-state index in [0.29, 0.717) is 28.8 Å². The van der Waals surface area contributed by atoms with Crippen molar-refractivity contribution in [1.82, 2.24) is 5.32 Å². The Morgan fingerprint density at radius 1 is 1.45 bits per heavy atom. The summed E-state index contributed by atoms with van der Waals surface area (Å²) in [5.41, 5.74) is 6.13. The molecule has 1 fully saturated rings. The summed E-state index contributed by atoms with van der Waals surface area (Å²) in [7, 11) is -1.49. The second-order valence-electron chi connectivity index (χ2n) is 4.63. The third-order valence-electron chi connectivity index (χ3n) is 3.07. The molecule has 1 amide bonds. The van der Waals surface area contributed by atoms with Crippen LogP contribution in [0.2, 0.25) is 5.02 Å². The van der Waals surface area contributed by atoms with Crippen LogP contribution in [0.4, 0.5) is 5.69 Å². The normalized spacial score (nSPS) is 17.6. The second-order valence-corrected chi connectivity index (χ2v) is 6.48. The minimum atomic E-state index is -1.49. The molecule has 0 saturated carbocycles. The summed E-state index contributed by atoms with van der Waals surface area (Å²) in [5.74, 6) is -0.350. The first-order chi connectivity index (χ1) is 9.56. The number of carbonyl (C=O) groups excluding carboxylic acids is 1. The lowest BCUT2D eigenvalue weighted by Gasteiger charge is -2.23. The fourth-order valence-electron chi connectivity index (χ4n) is 2.01. The number of carbonyl (C=O) groups is 1. The fourth-order valence-corrected chi connectivity index (χ4v) is 3.32. The van der Waals surface area contributed by atoms with Crippen molar-refractivity contribution in [1.29, 1.82) is 0 Å². The van der Waals surface area contributed by atoms with Crippen molar-refractivity contribution in [2.75, 3.05) is 24.7 Å². The molecule has 1 aliphatic rings. The van der Waals surface area contributed by atoms with Crippen LogP contribution >= 0.6 is 11.6 Å². The van der Waals surface area contributed by atoms with Gasteiger partial charge < -0.3 is 15.8 Å². The van der Waals surface area contributed by atoms with Gasteiger partial charge in [0.05, 0.1) is 15.7 Å². The molecule has 1 aliphatic heterocycles. The van der Waals surface area contributed by atoms with Gasteiger partial charge in [-0.25, -0.2) is 0 Å². The van der Waals surface area contributed by atoms with Gasteiger partial charge in [0.2, 0.25) is 5.91 Å². The molecule has 20 heavy (non-hydrogen) atoms. The molecule has 3 N–H and O–H groups in total. The van der Waals surface area contributed by atoms with E-state index in [1.807, 2.05) is 0 Å². The van der Waals surface area contributed by atoms with Crippen LogP contribution in [0.1, 0.15) is 12.8 Å². The van der Waals surface area contributed by atoms with E-state index in [2.05, 4.69) is 5.32 Å². The molecular formula is C13H17ClN2O3S. The highest BCUT2D eigenvalue weighted by atomic mass is 35.5. The zero-order chi connectivity index (χ0) is 14.5. The van der Waals surface area contributed by atoms with E-state index in [1.165, 1.54) is 6.07 Å². The molecule has 1 aromatic rings. The van der Waals surface area contributed by atoms with Crippen LogP contribution in [0.3, 0.4) is 0 Å². The topological polar surface area (TPSA) is 81.4 Å². The predicted octanol–water partition coefficient (Wildman–Crippen LogP) is 1.33. The molecule has 0 radical (unpaired) electrons. The van der Waals surface area contributed by atoms with Gasteiger partial charge in [-0.05, 0) is 31.0 Å². The Bertz CT molecular complexity index is 518. The minimum Gasteiger partial charge on any atom is -0.398 e. The third-order valence-corrected chi connectivity index (χ3v) is 4.67. The predicted molar refractivity (Wildman–Crippen MR) is 79.1 cm³/mol. The molecule has 2 rings (SSSR count). The highest BCUT2D eigenvalue weighted by molar-refractivity contribution is 7.86. The first-order valence-electron chi connectivity index (χ1n) is 6.37. The van der Waals surface area contributed by atoms with E-state index < -0.39 is 10.8 Å². The summed E-state index contributed by atoms with van der Waals surface area (Å²) in [6.07, 6.45) is 1.58. The van der Waals surface area contributed by atoms with E-state index >= 15 is 0 Å². The van der Waals surface area contributed by atoms with Gasteiger partial charge in [0.25, 0.3) is 0 Å². The summed E-state index contributed by atoms with van der Waals surface area (Å²) in [5, 5.41) is 3.32. The smallest absolute Gasteiger partial charge is 0.233 e. The number of hydrogen-bond donors (Lipinski definition) is 2. The van der Waals surface area contributed by atoms with Crippen molar-refractivity contribution in [3.05, 3.63) is 23.2 Å². The lowest BCUT2D eigenvalue weighted by molar-refractivity contribution is -0.119. The van der Waals surface area contributed by atoms with Crippen molar-refractivity contribution in [3.8, 4) is 0 Å². The summed E-state index contributed by atoms with van der Waals surface area (Å²) in [6.45, 7) is 1.30. The number of nitrogen functional groups attached to an aromatic ring is 1. The molecule has 1 atom stereocenters. The van der Waals surface area contributed by atoms with E-state index in [0.717, 1.165) is 12.8 Å². The number of anilines is 1. The van der Waals surface area contributed by atoms with Gasteiger partial charge in [-0.3, -0.25) is 9.00 Å². The number of nitrogens with two attached hydrogens (primary N) is 1. The number of hydrogen-bond acceptors (Lipinski definition) is 4. The number of benzene rings is 1. The van der Waals surface area contributed by atoms with Gasteiger partial charge in [0.15, 0.2) is 0 Å². The van der Waals surface area contributed by atoms with Crippen molar-refractivity contribution < 1.29 is 13.7 Å². The van der Waals surface area contributed by atoms with Crippen LogP contribution in [0.25, 0.3) is 0 Å². The molecule has 7 heteroatoms. The van der Waals surface area contributed by atoms with Gasteiger partial charge in [-0.15, -0.1) is 0 Å². The Morgan fingerprint density at radius 3 is 2.85 bits per heavy atom. The Kier molecular flexibility index (Phi) is 5.39. The third kappa shape index (κ3) is 4.19. The Hall–Kier alpha value is -1.11. The molecule has 0 aliphatic carbocycles. The number of amides is 1. The average Bonchev–Trinajstić information content (AvgIpc) is 2.42. The molecule has 0 bridgehead atoms. The SMILES string of the molecule is Nc1ccc(Cl)cc1S(=O)CC(=O)NC1CCOCC1. The van der Waals surface area contributed by atoms with E-state index in [4.69, 9.17) is 22.1 Å². The maximum atomic E-state index is 12.2. The van der Waals surface area contributed by atoms with Gasteiger partial charge in [0, 0.05) is 30.0 Å². The molecule has 1 aromatic carbocycles. The van der Waals surface area contributed by atoms with Crippen LogP contribution in [0.15, 0.2) is 23.1 Å². The number of ether oxygens (including phenoxy) is 1. The van der Waals surface area contributed by atoms with Gasteiger partial charge in [-0.1, -0.05) is 11.6 Å². The molecule has 0 spiro atoms. The summed E-state index contributed by atoms with van der Waals surface area (Å²) in [6, 6.07) is 4.85. The fraction of sp³-hybridized carbons (Fsp3) is 0.462. The molecule has 110 valence electrons. The maximum Gasteiger partial charge on any atom is 0.233 e. The highest BCUT2D eigenvalue weighted by Crippen LogP contribution is 2.21. The standard InChI is InChI=1S/C13H17ClN2O3S/c14-9-1-2-11(15)12(7-9)20(18)8-13(17)16-10-3-5-19-6-4-10/h1-2,7,10H,3-6,8,15H2,(H,16,17). The minimum absolute atomic E-state index is 0.102. The Labute approximate surface area is 125 Å². The lowest BCUT2D eigenvalue weighted by Crippen LogP contribution is -2.40. The van der Waals surface area contributed by atoms with Crippen LogP contribution in [0, 0.1) is 0 Å². The van der Waals surface area contributed by atoms with Crippen LogP contribution in [0.5, 0.6) is 0 Å². The first-order valence-corrected chi connectivity index (χ1v) is 8.06. The number of halogens is 1. The molecule has 1 heterocycles. The lowest BCUT2D eigenvalue weighted by atomic mass is 10.1. The van der Waals surface area contributed by atoms with Crippen molar-refractivity contribution >= 4 is 34.0 Å². The second kappa shape index (κ2) is 7.06. The zero-order valence-corrected chi connectivity index (χ0v) is 12.5. The average molecular weight is 317 g/mol. The summed E-state index contributed by atoms with van der Waals surface area (Å²) < 4.78 is 17.4. The van der Waals surface area contributed by atoms with Crippen molar-refractivity contribution in [3.63, 3.8) is 0 Å².